The van der Waals surface area contributed by atoms with Crippen molar-refractivity contribution in [1.29, 1.82) is 0 Å². The molecule has 0 spiro atoms. The number of carboxylic acid groups (broad SMARTS) is 1. The zero-order valence-corrected chi connectivity index (χ0v) is 11.1. The molecule has 0 bridgehead atoms. The molecule has 0 radical (unpaired) electrons. The molecule has 1 aliphatic rings. The van der Waals surface area contributed by atoms with Crippen LogP contribution in [-0.2, 0) is 4.79 Å². The first-order valence-electron chi connectivity index (χ1n) is 6.06. The summed E-state index contributed by atoms with van der Waals surface area (Å²) in [6.07, 6.45) is 1.31. The Balaban J connectivity index is 2.14. The third kappa shape index (κ3) is 2.98. The van der Waals surface area contributed by atoms with Gasteiger partial charge in [-0.15, -0.1) is 0 Å². The average Bonchev–Trinajstić information content (AvgIpc) is 2.41. The van der Waals surface area contributed by atoms with Crippen molar-refractivity contribution in [3.8, 4) is 0 Å². The summed E-state index contributed by atoms with van der Waals surface area (Å²) < 4.78 is 0. The molecule has 1 aromatic carbocycles. The number of nitrogens with zero attached hydrogens (tertiary/aromatic N) is 1. The molecule has 1 amide bonds. The number of likely N-dealkylation sites (tertiary alicyclic amines) is 1. The van der Waals surface area contributed by atoms with Crippen LogP contribution >= 0.6 is 11.6 Å². The fraction of sp³-hybridized carbons (Fsp3) is 0.385. The molecule has 0 saturated carbocycles. The van der Waals surface area contributed by atoms with Crippen LogP contribution in [0.1, 0.15) is 23.2 Å². The molecule has 1 heterocycles. The van der Waals surface area contributed by atoms with Gasteiger partial charge in [0.1, 0.15) is 0 Å². The van der Waals surface area contributed by atoms with Gasteiger partial charge in [-0.3, -0.25) is 9.59 Å². The molecule has 1 unspecified atom stereocenters. The lowest BCUT2D eigenvalue weighted by atomic mass is 9.97. The van der Waals surface area contributed by atoms with Crippen LogP contribution in [0.3, 0.4) is 0 Å². The van der Waals surface area contributed by atoms with Crippen molar-refractivity contribution in [1.82, 2.24) is 4.90 Å². The van der Waals surface area contributed by atoms with E-state index in [9.17, 15) is 9.59 Å². The lowest BCUT2D eigenvalue weighted by Gasteiger charge is -2.30. The Labute approximate surface area is 116 Å². The van der Waals surface area contributed by atoms with E-state index in [-0.39, 0.29) is 12.5 Å². The molecule has 6 heteroatoms. The highest BCUT2D eigenvalue weighted by Crippen LogP contribution is 2.23. The first-order valence-corrected chi connectivity index (χ1v) is 6.44. The van der Waals surface area contributed by atoms with Crippen molar-refractivity contribution >= 4 is 29.2 Å². The van der Waals surface area contributed by atoms with Gasteiger partial charge in [-0.05, 0) is 31.0 Å². The van der Waals surface area contributed by atoms with Gasteiger partial charge in [0.2, 0.25) is 0 Å². The Morgan fingerprint density at radius 2 is 2.16 bits per heavy atom. The van der Waals surface area contributed by atoms with Gasteiger partial charge in [0.05, 0.1) is 16.6 Å². The molecule has 102 valence electrons. The monoisotopic (exact) mass is 282 g/mol. The molecule has 1 fully saturated rings. The van der Waals surface area contributed by atoms with Gasteiger partial charge in [-0.2, -0.15) is 0 Å². The van der Waals surface area contributed by atoms with Crippen molar-refractivity contribution in [3.05, 3.63) is 28.8 Å². The Bertz CT molecular complexity index is 519. The van der Waals surface area contributed by atoms with E-state index in [1.807, 2.05) is 0 Å². The highest BCUT2D eigenvalue weighted by atomic mass is 35.5. The van der Waals surface area contributed by atoms with E-state index in [1.165, 1.54) is 6.07 Å². The van der Waals surface area contributed by atoms with Gasteiger partial charge in [-0.25, -0.2) is 0 Å². The van der Waals surface area contributed by atoms with Crippen LogP contribution in [0.5, 0.6) is 0 Å². The molecule has 1 aromatic rings. The van der Waals surface area contributed by atoms with Crippen molar-refractivity contribution in [2.75, 3.05) is 18.8 Å². The number of nitrogens with two attached hydrogens (primary N) is 1. The van der Waals surface area contributed by atoms with E-state index in [2.05, 4.69) is 0 Å². The summed E-state index contributed by atoms with van der Waals surface area (Å²) in [7, 11) is 0. The van der Waals surface area contributed by atoms with E-state index in [4.69, 9.17) is 22.4 Å². The minimum Gasteiger partial charge on any atom is -0.481 e. The second-order valence-corrected chi connectivity index (χ2v) is 5.07. The van der Waals surface area contributed by atoms with Crippen LogP contribution in [0.15, 0.2) is 18.2 Å². The number of carbonyl (C=O) groups excluding carboxylic acids is 1. The van der Waals surface area contributed by atoms with E-state index < -0.39 is 11.9 Å². The van der Waals surface area contributed by atoms with Crippen molar-refractivity contribution in [3.63, 3.8) is 0 Å². The van der Waals surface area contributed by atoms with Crippen LogP contribution in [0.25, 0.3) is 0 Å². The number of nitrogen functional groups attached to an aromatic ring is 1. The van der Waals surface area contributed by atoms with Gasteiger partial charge < -0.3 is 15.7 Å². The number of anilines is 1. The SMILES string of the molecule is Nc1ccc(C(=O)N2CCCC(C(=O)O)C2)cc1Cl. The van der Waals surface area contributed by atoms with Gasteiger partial charge in [0.15, 0.2) is 0 Å². The Morgan fingerprint density at radius 1 is 1.42 bits per heavy atom. The molecule has 2 rings (SSSR count). The Morgan fingerprint density at radius 3 is 2.79 bits per heavy atom. The number of rotatable bonds is 2. The quantitative estimate of drug-likeness (QED) is 0.811. The molecule has 0 aliphatic carbocycles. The summed E-state index contributed by atoms with van der Waals surface area (Å²) in [5.74, 6) is -1.54. The molecule has 0 aromatic heterocycles. The first kappa shape index (κ1) is 13.7. The second kappa shape index (κ2) is 5.48. The molecule has 1 aliphatic heterocycles. The number of hydrogen-bond acceptors (Lipinski definition) is 3. The van der Waals surface area contributed by atoms with Crippen LogP contribution in [0, 0.1) is 5.92 Å². The second-order valence-electron chi connectivity index (χ2n) is 4.66. The number of aliphatic carboxylic acids is 1. The lowest BCUT2D eigenvalue weighted by molar-refractivity contribution is -0.143. The minimum atomic E-state index is -0.854. The molecule has 5 nitrogen and oxygen atoms in total. The lowest BCUT2D eigenvalue weighted by Crippen LogP contribution is -2.42. The largest absolute Gasteiger partial charge is 0.481 e. The Hall–Kier alpha value is -1.75. The zero-order chi connectivity index (χ0) is 14.0. The third-order valence-electron chi connectivity index (χ3n) is 3.31. The van der Waals surface area contributed by atoms with E-state index in [0.717, 1.165) is 0 Å². The van der Waals surface area contributed by atoms with Crippen LogP contribution in [0.2, 0.25) is 5.02 Å². The number of carbonyl (C=O) groups is 2. The number of hydrogen-bond donors (Lipinski definition) is 2. The van der Waals surface area contributed by atoms with Gasteiger partial charge in [0.25, 0.3) is 5.91 Å². The van der Waals surface area contributed by atoms with E-state index in [0.29, 0.717) is 35.7 Å². The minimum absolute atomic E-state index is 0.201. The van der Waals surface area contributed by atoms with Crippen molar-refractivity contribution < 1.29 is 14.7 Å². The molecule has 3 N–H and O–H groups in total. The summed E-state index contributed by atoms with van der Waals surface area (Å²) in [4.78, 5) is 24.8. The van der Waals surface area contributed by atoms with Crippen LogP contribution in [-0.4, -0.2) is 35.0 Å². The number of amides is 1. The summed E-state index contributed by atoms with van der Waals surface area (Å²) in [5, 5.41) is 9.34. The molecule has 19 heavy (non-hydrogen) atoms. The Kier molecular flexibility index (Phi) is 3.95. The maximum atomic E-state index is 12.3. The van der Waals surface area contributed by atoms with Gasteiger partial charge in [-0.1, -0.05) is 11.6 Å². The predicted octanol–water partition coefficient (Wildman–Crippen LogP) is 1.86. The number of piperidine rings is 1. The zero-order valence-electron chi connectivity index (χ0n) is 10.3. The highest BCUT2D eigenvalue weighted by molar-refractivity contribution is 6.33. The van der Waals surface area contributed by atoms with Gasteiger partial charge >= 0.3 is 5.97 Å². The van der Waals surface area contributed by atoms with Crippen LogP contribution < -0.4 is 5.73 Å². The smallest absolute Gasteiger partial charge is 0.308 e. The molecular weight excluding hydrogens is 268 g/mol. The maximum absolute atomic E-state index is 12.3. The summed E-state index contributed by atoms with van der Waals surface area (Å²) in [6, 6.07) is 4.70. The first-order chi connectivity index (χ1) is 8.99. The highest BCUT2D eigenvalue weighted by Gasteiger charge is 2.28. The normalized spacial score (nSPS) is 19.2. The predicted molar refractivity (Wildman–Crippen MR) is 72.1 cm³/mol. The number of benzene rings is 1. The topological polar surface area (TPSA) is 83.6 Å². The van der Waals surface area contributed by atoms with Gasteiger partial charge in [0, 0.05) is 18.7 Å². The molecule has 1 saturated heterocycles. The summed E-state index contributed by atoms with van der Waals surface area (Å²) in [5.41, 5.74) is 6.45. The summed E-state index contributed by atoms with van der Waals surface area (Å²) >= 11 is 5.89. The van der Waals surface area contributed by atoms with Crippen molar-refractivity contribution in [2.24, 2.45) is 5.92 Å². The molecular formula is C13H15ClN2O3. The fourth-order valence-electron chi connectivity index (χ4n) is 2.21. The maximum Gasteiger partial charge on any atom is 0.308 e. The fourth-order valence-corrected chi connectivity index (χ4v) is 2.39. The summed E-state index contributed by atoms with van der Waals surface area (Å²) in [6.45, 7) is 0.820. The molecule has 1 atom stereocenters. The number of carboxylic acids is 1. The van der Waals surface area contributed by atoms with E-state index in [1.54, 1.807) is 17.0 Å². The van der Waals surface area contributed by atoms with Crippen LogP contribution in [0.4, 0.5) is 5.69 Å². The third-order valence-corrected chi connectivity index (χ3v) is 3.63. The van der Waals surface area contributed by atoms with Crippen molar-refractivity contribution in [2.45, 2.75) is 12.8 Å². The number of halogens is 1. The average molecular weight is 283 g/mol. The van der Waals surface area contributed by atoms with E-state index >= 15 is 0 Å². The standard InChI is InChI=1S/C13H15ClN2O3/c14-10-6-8(3-4-11(10)15)12(17)16-5-1-2-9(7-16)13(18)19/h3-4,6,9H,1-2,5,7,15H2,(H,18,19).